The quantitative estimate of drug-likeness (QED) is 0.706. The van der Waals surface area contributed by atoms with Gasteiger partial charge in [-0.25, -0.2) is 0 Å². The number of aromatic nitrogens is 1. The highest BCUT2D eigenvalue weighted by Crippen LogP contribution is 2.25. The molecule has 4 nitrogen and oxygen atoms in total. The van der Waals surface area contributed by atoms with Crippen molar-refractivity contribution in [2.24, 2.45) is 5.92 Å². The minimum Gasteiger partial charge on any atom is -0.349 e. The summed E-state index contributed by atoms with van der Waals surface area (Å²) in [5, 5.41) is 4.01. The lowest BCUT2D eigenvalue weighted by molar-refractivity contribution is 0.0911. The van der Waals surface area contributed by atoms with Gasteiger partial charge >= 0.3 is 0 Å². The molecule has 0 unspecified atom stereocenters. The third-order valence-corrected chi connectivity index (χ3v) is 6.15. The van der Waals surface area contributed by atoms with E-state index < -0.39 is 0 Å². The zero-order valence-corrected chi connectivity index (χ0v) is 17.2. The van der Waals surface area contributed by atoms with Gasteiger partial charge in [-0.1, -0.05) is 67.8 Å². The van der Waals surface area contributed by atoms with Crippen LogP contribution in [0.3, 0.4) is 0 Å². The molecule has 0 aliphatic heterocycles. The topological polar surface area (TPSA) is 51.1 Å². The van der Waals surface area contributed by atoms with E-state index in [0.717, 1.165) is 35.7 Å². The average Bonchev–Trinajstić information content (AvgIpc) is 2.73. The Kier molecular flexibility index (Phi) is 5.52. The lowest BCUT2D eigenvalue weighted by Crippen LogP contribution is -2.41. The second-order valence-electron chi connectivity index (χ2n) is 8.33. The summed E-state index contributed by atoms with van der Waals surface area (Å²) >= 11 is 0. The smallest absolute Gasteiger partial charge is 0.252 e. The van der Waals surface area contributed by atoms with Crippen LogP contribution in [-0.2, 0) is 6.54 Å². The van der Waals surface area contributed by atoms with Crippen molar-refractivity contribution in [2.45, 2.75) is 52.1 Å². The molecule has 1 N–H and O–H groups in total. The first-order valence-corrected chi connectivity index (χ1v) is 10.5. The van der Waals surface area contributed by atoms with Gasteiger partial charge in [0.2, 0.25) is 0 Å². The van der Waals surface area contributed by atoms with Gasteiger partial charge in [0.25, 0.3) is 11.5 Å². The van der Waals surface area contributed by atoms with E-state index >= 15 is 0 Å². The van der Waals surface area contributed by atoms with Crippen LogP contribution in [0.25, 0.3) is 10.9 Å². The molecule has 4 heteroatoms. The Morgan fingerprint density at radius 3 is 2.55 bits per heavy atom. The maximum Gasteiger partial charge on any atom is 0.252 e. The summed E-state index contributed by atoms with van der Waals surface area (Å²) in [6.07, 6.45) is 4.53. The summed E-state index contributed by atoms with van der Waals surface area (Å²) in [5.74, 6) is 0.334. The lowest BCUT2D eigenvalue weighted by atomic mass is 9.86. The fourth-order valence-corrected chi connectivity index (χ4v) is 4.34. The summed E-state index contributed by atoms with van der Waals surface area (Å²) in [6.45, 7) is 4.73. The van der Waals surface area contributed by atoms with Crippen molar-refractivity contribution in [1.29, 1.82) is 0 Å². The number of para-hydroxylation sites is 1. The number of rotatable bonds is 4. The van der Waals surface area contributed by atoms with E-state index in [0.29, 0.717) is 18.0 Å². The number of fused-ring (bicyclic) bond motifs is 1. The molecule has 0 bridgehead atoms. The van der Waals surface area contributed by atoms with Crippen molar-refractivity contribution in [3.8, 4) is 0 Å². The van der Waals surface area contributed by atoms with Crippen molar-refractivity contribution >= 4 is 16.8 Å². The first-order chi connectivity index (χ1) is 14.0. The second kappa shape index (κ2) is 8.24. The van der Waals surface area contributed by atoms with Gasteiger partial charge in [0.05, 0.1) is 17.6 Å². The monoisotopic (exact) mass is 388 g/mol. The fourth-order valence-electron chi connectivity index (χ4n) is 4.34. The first kappa shape index (κ1) is 19.4. The van der Waals surface area contributed by atoms with Gasteiger partial charge in [-0.15, -0.1) is 0 Å². The Morgan fingerprint density at radius 1 is 1.07 bits per heavy atom. The molecule has 150 valence electrons. The summed E-state index contributed by atoms with van der Waals surface area (Å²) in [4.78, 5) is 26.0. The fraction of sp³-hybridized carbons (Fsp3) is 0.360. The largest absolute Gasteiger partial charge is 0.349 e. The van der Waals surface area contributed by atoms with Crippen LogP contribution in [0, 0.1) is 12.8 Å². The molecule has 0 radical (unpaired) electrons. The molecule has 1 aliphatic carbocycles. The number of nitrogens with zero attached hydrogens (tertiary/aromatic N) is 1. The van der Waals surface area contributed by atoms with Gasteiger partial charge in [0.15, 0.2) is 0 Å². The Hall–Kier alpha value is -2.88. The highest BCUT2D eigenvalue weighted by atomic mass is 16.2. The van der Waals surface area contributed by atoms with Crippen LogP contribution < -0.4 is 10.9 Å². The molecule has 2 aromatic carbocycles. The Labute approximate surface area is 171 Å². The van der Waals surface area contributed by atoms with Crippen molar-refractivity contribution in [3.63, 3.8) is 0 Å². The van der Waals surface area contributed by atoms with Crippen LogP contribution in [-0.4, -0.2) is 16.5 Å². The van der Waals surface area contributed by atoms with Gasteiger partial charge in [0, 0.05) is 17.5 Å². The van der Waals surface area contributed by atoms with E-state index in [1.54, 1.807) is 4.57 Å². The van der Waals surface area contributed by atoms with Crippen LogP contribution in [0.4, 0.5) is 0 Å². The number of amides is 1. The minimum absolute atomic E-state index is 0.139. The number of benzene rings is 2. The molecule has 1 heterocycles. The van der Waals surface area contributed by atoms with Crippen molar-refractivity contribution in [2.75, 3.05) is 0 Å². The SMILES string of the molecule is Cc1ccc(Cn2c(=O)cc(C(=O)N[C@H]3CCCC[C@@H]3C)c3ccccc32)cc1. The zero-order chi connectivity index (χ0) is 20.4. The van der Waals surface area contributed by atoms with Gasteiger partial charge < -0.3 is 9.88 Å². The maximum absolute atomic E-state index is 13.1. The highest BCUT2D eigenvalue weighted by Gasteiger charge is 2.24. The van der Waals surface area contributed by atoms with E-state index in [1.807, 2.05) is 43.3 Å². The van der Waals surface area contributed by atoms with Crippen LogP contribution in [0.15, 0.2) is 59.4 Å². The van der Waals surface area contributed by atoms with Gasteiger partial charge in [-0.2, -0.15) is 0 Å². The Balaban J connectivity index is 1.70. The van der Waals surface area contributed by atoms with Crippen LogP contribution in [0.2, 0.25) is 0 Å². The molecule has 1 fully saturated rings. The van der Waals surface area contributed by atoms with Crippen LogP contribution >= 0.6 is 0 Å². The standard InChI is InChI=1S/C25H28N2O2/c1-17-11-13-19(14-12-17)16-27-23-10-6-4-8-20(23)21(15-24(27)28)25(29)26-22-9-5-3-7-18(22)2/h4,6,8,10-15,18,22H,3,5,7,9,16H2,1-2H3,(H,26,29)/t18-,22-/m0/s1. The molecular weight excluding hydrogens is 360 g/mol. The molecule has 0 saturated heterocycles. The number of hydrogen-bond donors (Lipinski definition) is 1. The first-order valence-electron chi connectivity index (χ1n) is 10.5. The second-order valence-corrected chi connectivity index (χ2v) is 8.33. The normalized spacial score (nSPS) is 19.2. The molecule has 2 atom stereocenters. The van der Waals surface area contributed by atoms with Crippen LogP contribution in [0.5, 0.6) is 0 Å². The van der Waals surface area contributed by atoms with E-state index in [2.05, 4.69) is 24.4 Å². The van der Waals surface area contributed by atoms with E-state index in [9.17, 15) is 9.59 Å². The zero-order valence-electron chi connectivity index (χ0n) is 17.2. The Bertz CT molecular complexity index is 1080. The molecule has 4 rings (SSSR count). The average molecular weight is 389 g/mol. The predicted molar refractivity (Wildman–Crippen MR) is 117 cm³/mol. The number of carbonyl (C=O) groups excluding carboxylic acids is 1. The molecule has 1 aliphatic rings. The minimum atomic E-state index is -0.147. The predicted octanol–water partition coefficient (Wildman–Crippen LogP) is 4.67. The summed E-state index contributed by atoms with van der Waals surface area (Å²) < 4.78 is 1.75. The third-order valence-electron chi connectivity index (χ3n) is 6.15. The Morgan fingerprint density at radius 2 is 1.79 bits per heavy atom. The van der Waals surface area contributed by atoms with Gasteiger partial charge in [-0.3, -0.25) is 9.59 Å². The molecular formula is C25H28N2O2. The number of nitrogens with one attached hydrogen (secondary N) is 1. The summed E-state index contributed by atoms with van der Waals surface area (Å²) in [7, 11) is 0. The maximum atomic E-state index is 13.1. The lowest BCUT2D eigenvalue weighted by Gasteiger charge is -2.29. The number of carbonyl (C=O) groups is 1. The van der Waals surface area contributed by atoms with Crippen molar-refractivity contribution in [1.82, 2.24) is 9.88 Å². The summed E-state index contributed by atoms with van der Waals surface area (Å²) in [6, 6.07) is 17.6. The van der Waals surface area contributed by atoms with Crippen LogP contribution in [0.1, 0.15) is 54.1 Å². The molecule has 1 amide bonds. The van der Waals surface area contributed by atoms with Crippen molar-refractivity contribution in [3.05, 3.63) is 81.6 Å². The molecule has 3 aromatic rings. The van der Waals surface area contributed by atoms with Crippen molar-refractivity contribution < 1.29 is 4.79 Å². The number of hydrogen-bond acceptors (Lipinski definition) is 2. The molecule has 29 heavy (non-hydrogen) atoms. The van der Waals surface area contributed by atoms with E-state index in [1.165, 1.54) is 18.1 Å². The van der Waals surface area contributed by atoms with Gasteiger partial charge in [0.1, 0.15) is 0 Å². The third kappa shape index (κ3) is 4.12. The van der Waals surface area contributed by atoms with E-state index in [-0.39, 0.29) is 17.5 Å². The van der Waals surface area contributed by atoms with Gasteiger partial charge in [-0.05, 0) is 37.3 Å². The summed E-state index contributed by atoms with van der Waals surface area (Å²) in [5.41, 5.74) is 3.38. The molecule has 1 aromatic heterocycles. The number of pyridine rings is 1. The molecule has 0 spiro atoms. The molecule has 1 saturated carbocycles. The van der Waals surface area contributed by atoms with E-state index in [4.69, 9.17) is 0 Å². The number of aryl methyl sites for hydroxylation is 1. The highest BCUT2D eigenvalue weighted by molar-refractivity contribution is 6.06.